The first kappa shape index (κ1) is 15.1. The van der Waals surface area contributed by atoms with Crippen LogP contribution in [0.25, 0.3) is 0 Å². The summed E-state index contributed by atoms with van der Waals surface area (Å²) >= 11 is 0. The van der Waals surface area contributed by atoms with E-state index >= 15 is 0 Å². The minimum Gasteiger partial charge on any atom is -0.368 e. The number of amides is 2. The molecule has 0 spiro atoms. The Kier molecular flexibility index (Phi) is 4.11. The lowest BCUT2D eigenvalue weighted by molar-refractivity contribution is 0.145. The third kappa shape index (κ3) is 2.96. The summed E-state index contributed by atoms with van der Waals surface area (Å²) in [6.07, 6.45) is 0.964. The maximum absolute atomic E-state index is 12.8. The fourth-order valence-electron chi connectivity index (χ4n) is 3.65. The molecule has 2 heterocycles. The van der Waals surface area contributed by atoms with Crippen LogP contribution in [0.3, 0.4) is 0 Å². The van der Waals surface area contributed by atoms with Crippen LogP contribution in [0.5, 0.6) is 0 Å². The molecule has 0 aromatic heterocycles. The summed E-state index contributed by atoms with van der Waals surface area (Å²) in [5.74, 6) is 0. The number of hydrogen-bond acceptors (Lipinski definition) is 2. The highest BCUT2D eigenvalue weighted by Crippen LogP contribution is 2.21. The molecule has 24 heavy (non-hydrogen) atoms. The molecule has 2 aromatic rings. The first-order valence-electron chi connectivity index (χ1n) is 8.72. The van der Waals surface area contributed by atoms with Crippen molar-refractivity contribution in [2.75, 3.05) is 37.6 Å². The number of carbonyl (C=O) groups excluding carboxylic acids is 1. The summed E-state index contributed by atoms with van der Waals surface area (Å²) in [7, 11) is 0. The predicted octanol–water partition coefficient (Wildman–Crippen LogP) is 2.99. The van der Waals surface area contributed by atoms with Gasteiger partial charge in [-0.2, -0.15) is 0 Å². The fraction of sp³-hybridized carbons (Fsp3) is 0.350. The van der Waals surface area contributed by atoms with Crippen LogP contribution in [0.1, 0.15) is 11.1 Å². The fourth-order valence-corrected chi connectivity index (χ4v) is 3.65. The van der Waals surface area contributed by atoms with Gasteiger partial charge in [0.15, 0.2) is 0 Å². The third-order valence-electron chi connectivity index (χ3n) is 5.07. The standard InChI is InChI=1S/C20H23N3O/c24-20(23-11-10-17-6-4-5-7-18(17)16-23)22-14-12-21(13-15-22)19-8-2-1-3-9-19/h1-9H,10-16H2. The maximum atomic E-state index is 12.8. The Bertz CT molecular complexity index is 708. The van der Waals surface area contributed by atoms with E-state index in [4.69, 9.17) is 0 Å². The molecule has 4 nitrogen and oxygen atoms in total. The minimum absolute atomic E-state index is 0.192. The van der Waals surface area contributed by atoms with Crippen LogP contribution >= 0.6 is 0 Å². The zero-order valence-electron chi connectivity index (χ0n) is 13.9. The summed E-state index contributed by atoms with van der Waals surface area (Å²) in [6.45, 7) is 4.97. The quantitative estimate of drug-likeness (QED) is 0.807. The number of rotatable bonds is 1. The molecule has 2 aliphatic heterocycles. The van der Waals surface area contributed by atoms with Gasteiger partial charge >= 0.3 is 6.03 Å². The molecular weight excluding hydrogens is 298 g/mol. The molecule has 1 saturated heterocycles. The van der Waals surface area contributed by atoms with Gasteiger partial charge in [0, 0.05) is 45.0 Å². The van der Waals surface area contributed by atoms with Gasteiger partial charge in [-0.3, -0.25) is 0 Å². The van der Waals surface area contributed by atoms with Crippen LogP contribution in [0.15, 0.2) is 54.6 Å². The molecule has 0 bridgehead atoms. The SMILES string of the molecule is O=C(N1CCN(c2ccccc2)CC1)N1CCc2ccccc2C1. The summed E-state index contributed by atoms with van der Waals surface area (Å²) in [6, 6.07) is 19.1. The number of urea groups is 1. The predicted molar refractivity (Wildman–Crippen MR) is 96.2 cm³/mol. The minimum atomic E-state index is 0.192. The van der Waals surface area contributed by atoms with Crippen LogP contribution in [0.4, 0.5) is 10.5 Å². The van der Waals surface area contributed by atoms with Crippen LogP contribution in [0.2, 0.25) is 0 Å². The number of piperazine rings is 1. The highest BCUT2D eigenvalue weighted by Gasteiger charge is 2.27. The van der Waals surface area contributed by atoms with Gasteiger partial charge in [-0.1, -0.05) is 42.5 Å². The van der Waals surface area contributed by atoms with Crippen LogP contribution in [-0.2, 0) is 13.0 Å². The lowest BCUT2D eigenvalue weighted by Crippen LogP contribution is -2.53. The molecule has 0 N–H and O–H groups in total. The number of carbonyl (C=O) groups is 1. The van der Waals surface area contributed by atoms with Crippen molar-refractivity contribution in [3.63, 3.8) is 0 Å². The van der Waals surface area contributed by atoms with Gasteiger partial charge in [0.05, 0.1) is 0 Å². The van der Waals surface area contributed by atoms with Gasteiger partial charge in [-0.05, 0) is 29.7 Å². The first-order chi connectivity index (χ1) is 11.8. The molecule has 0 atom stereocenters. The average molecular weight is 321 g/mol. The summed E-state index contributed by atoms with van der Waals surface area (Å²) < 4.78 is 0. The topological polar surface area (TPSA) is 26.8 Å². The van der Waals surface area contributed by atoms with Crippen molar-refractivity contribution in [2.24, 2.45) is 0 Å². The zero-order chi connectivity index (χ0) is 16.4. The van der Waals surface area contributed by atoms with E-state index < -0.39 is 0 Å². The smallest absolute Gasteiger partial charge is 0.320 e. The molecule has 4 heteroatoms. The van der Waals surface area contributed by atoms with E-state index in [0.29, 0.717) is 0 Å². The number of hydrogen-bond donors (Lipinski definition) is 0. The van der Waals surface area contributed by atoms with E-state index in [9.17, 15) is 4.79 Å². The van der Waals surface area contributed by atoms with E-state index in [1.807, 2.05) is 15.9 Å². The Morgan fingerprint density at radius 2 is 1.38 bits per heavy atom. The van der Waals surface area contributed by atoms with E-state index in [0.717, 1.165) is 45.7 Å². The maximum Gasteiger partial charge on any atom is 0.320 e. The summed E-state index contributed by atoms with van der Waals surface area (Å²) in [5.41, 5.74) is 3.92. The number of benzene rings is 2. The first-order valence-corrected chi connectivity index (χ1v) is 8.72. The molecule has 0 aliphatic carbocycles. The summed E-state index contributed by atoms with van der Waals surface area (Å²) in [4.78, 5) is 19.2. The van der Waals surface area contributed by atoms with E-state index in [1.54, 1.807) is 0 Å². The van der Waals surface area contributed by atoms with Crippen molar-refractivity contribution < 1.29 is 4.79 Å². The second kappa shape index (κ2) is 6.56. The lowest BCUT2D eigenvalue weighted by atomic mass is 10.0. The Balaban J connectivity index is 1.37. The number of nitrogens with zero attached hydrogens (tertiary/aromatic N) is 3. The molecule has 2 aliphatic rings. The third-order valence-corrected chi connectivity index (χ3v) is 5.07. The van der Waals surface area contributed by atoms with Crippen molar-refractivity contribution in [1.29, 1.82) is 0 Å². The van der Waals surface area contributed by atoms with E-state index in [-0.39, 0.29) is 6.03 Å². The second-order valence-corrected chi connectivity index (χ2v) is 6.53. The molecule has 0 radical (unpaired) electrons. The van der Waals surface area contributed by atoms with E-state index in [1.165, 1.54) is 16.8 Å². The van der Waals surface area contributed by atoms with Gasteiger partial charge in [-0.15, -0.1) is 0 Å². The Hall–Kier alpha value is -2.49. The molecule has 0 saturated carbocycles. The summed E-state index contributed by atoms with van der Waals surface area (Å²) in [5, 5.41) is 0. The lowest BCUT2D eigenvalue weighted by Gasteiger charge is -2.39. The molecule has 4 rings (SSSR count). The molecule has 2 amide bonds. The number of anilines is 1. The van der Waals surface area contributed by atoms with Gasteiger partial charge < -0.3 is 14.7 Å². The normalized spacial score (nSPS) is 17.6. The van der Waals surface area contributed by atoms with Gasteiger partial charge in [0.1, 0.15) is 0 Å². The molecule has 1 fully saturated rings. The average Bonchev–Trinajstić information content (AvgIpc) is 2.68. The van der Waals surface area contributed by atoms with Gasteiger partial charge in [0.25, 0.3) is 0 Å². The largest absolute Gasteiger partial charge is 0.368 e. The van der Waals surface area contributed by atoms with Crippen molar-refractivity contribution in [1.82, 2.24) is 9.80 Å². The number of fused-ring (bicyclic) bond motifs is 1. The highest BCUT2D eigenvalue weighted by atomic mass is 16.2. The molecule has 0 unspecified atom stereocenters. The Morgan fingerprint density at radius 1 is 0.708 bits per heavy atom. The number of para-hydroxylation sites is 1. The van der Waals surface area contributed by atoms with Crippen molar-refractivity contribution in [3.8, 4) is 0 Å². The van der Waals surface area contributed by atoms with Crippen LogP contribution in [0, 0.1) is 0 Å². The van der Waals surface area contributed by atoms with Crippen molar-refractivity contribution in [3.05, 3.63) is 65.7 Å². The van der Waals surface area contributed by atoms with Crippen LogP contribution < -0.4 is 4.90 Å². The monoisotopic (exact) mass is 321 g/mol. The van der Waals surface area contributed by atoms with Crippen LogP contribution in [-0.4, -0.2) is 48.6 Å². The Labute approximate surface area is 143 Å². The Morgan fingerprint density at radius 3 is 2.12 bits per heavy atom. The highest BCUT2D eigenvalue weighted by molar-refractivity contribution is 5.75. The molecular formula is C20H23N3O. The zero-order valence-corrected chi connectivity index (χ0v) is 13.9. The molecule has 2 aromatic carbocycles. The van der Waals surface area contributed by atoms with E-state index in [2.05, 4.69) is 53.4 Å². The van der Waals surface area contributed by atoms with Crippen molar-refractivity contribution >= 4 is 11.7 Å². The van der Waals surface area contributed by atoms with Crippen molar-refractivity contribution in [2.45, 2.75) is 13.0 Å². The molecule has 124 valence electrons. The van der Waals surface area contributed by atoms with Gasteiger partial charge in [-0.25, -0.2) is 4.79 Å². The second-order valence-electron chi connectivity index (χ2n) is 6.53. The van der Waals surface area contributed by atoms with Gasteiger partial charge in [0.2, 0.25) is 0 Å².